The summed E-state index contributed by atoms with van der Waals surface area (Å²) < 4.78 is 77.0. The summed E-state index contributed by atoms with van der Waals surface area (Å²) in [5.74, 6) is -0.952. The Kier molecular flexibility index (Phi) is 6.32. The number of benzene rings is 1. The zero-order valence-electron chi connectivity index (χ0n) is 15.3. The molecule has 0 saturated carbocycles. The van der Waals surface area contributed by atoms with Gasteiger partial charge in [-0.05, 0) is 48.0 Å². The topological polar surface area (TPSA) is 57.6 Å². The van der Waals surface area contributed by atoms with Crippen LogP contribution in [0.3, 0.4) is 0 Å². The number of phenols is 1. The van der Waals surface area contributed by atoms with Crippen LogP contribution in [0.1, 0.15) is 30.9 Å². The quantitative estimate of drug-likeness (QED) is 0.474. The van der Waals surface area contributed by atoms with Gasteiger partial charge < -0.3 is 5.11 Å². The summed E-state index contributed by atoms with van der Waals surface area (Å²) in [6.45, 7) is 1.34. The van der Waals surface area contributed by atoms with E-state index in [1.165, 1.54) is 24.3 Å². The van der Waals surface area contributed by atoms with Crippen LogP contribution in [0.15, 0.2) is 23.1 Å². The molecule has 1 aromatic rings. The Morgan fingerprint density at radius 1 is 1.07 bits per heavy atom. The Morgan fingerprint density at radius 2 is 1.62 bits per heavy atom. The molecule has 0 unspecified atom stereocenters. The number of nitrogens with zero attached hydrogens (tertiary/aromatic N) is 1. The van der Waals surface area contributed by atoms with Crippen LogP contribution in [0.5, 0.6) is 5.75 Å². The highest BCUT2D eigenvalue weighted by Crippen LogP contribution is 2.44. The molecular formula is C18H17F6NO3S. The lowest BCUT2D eigenvalue weighted by Gasteiger charge is -2.34. The number of aryl methyl sites for hydroxylation is 1. The van der Waals surface area contributed by atoms with Crippen molar-refractivity contribution in [1.29, 1.82) is 0 Å². The van der Waals surface area contributed by atoms with Crippen molar-refractivity contribution < 1.29 is 41.0 Å². The third-order valence-corrected chi connectivity index (χ3v) is 5.09. The highest BCUT2D eigenvalue weighted by molar-refractivity contribution is 8.18. The molecule has 0 aromatic heterocycles. The molecular weight excluding hydrogens is 424 g/mol. The standard InChI is InChI=1S/C18H17F6NO3S/c1-10-5-11(3-4-12(10)26)6-13-14(27)25(15(28)29-13)9-16(2,7-17(19,20)21)8-18(22,23)24/h3-6,26H,7-9H2,1-2H3/b13-6-. The summed E-state index contributed by atoms with van der Waals surface area (Å²) in [4.78, 5) is 24.9. The van der Waals surface area contributed by atoms with Gasteiger partial charge in [-0.1, -0.05) is 13.0 Å². The second-order valence-corrected chi connectivity index (χ2v) is 8.20. The van der Waals surface area contributed by atoms with Crippen molar-refractivity contribution in [3.63, 3.8) is 0 Å². The van der Waals surface area contributed by atoms with Gasteiger partial charge in [-0.3, -0.25) is 14.5 Å². The number of carbonyl (C=O) groups excluding carboxylic acids is 2. The fourth-order valence-corrected chi connectivity index (χ4v) is 3.92. The first-order chi connectivity index (χ1) is 13.1. The van der Waals surface area contributed by atoms with E-state index in [1.807, 2.05) is 0 Å². The zero-order valence-corrected chi connectivity index (χ0v) is 16.1. The van der Waals surface area contributed by atoms with Crippen LogP contribution >= 0.6 is 11.8 Å². The van der Waals surface area contributed by atoms with E-state index in [-0.39, 0.29) is 10.7 Å². The fourth-order valence-electron chi connectivity index (χ4n) is 3.08. The zero-order chi connectivity index (χ0) is 22.2. The number of phenolic OH excluding ortho intramolecular Hbond substituents is 1. The smallest absolute Gasteiger partial charge is 0.389 e. The lowest BCUT2D eigenvalue weighted by atomic mass is 9.82. The van der Waals surface area contributed by atoms with Crippen molar-refractivity contribution >= 4 is 29.0 Å². The van der Waals surface area contributed by atoms with E-state index >= 15 is 0 Å². The van der Waals surface area contributed by atoms with Crippen LogP contribution in [0.4, 0.5) is 31.1 Å². The lowest BCUT2D eigenvalue weighted by molar-refractivity contribution is -0.194. The van der Waals surface area contributed by atoms with E-state index in [4.69, 9.17) is 0 Å². The van der Waals surface area contributed by atoms with Crippen LogP contribution in [-0.2, 0) is 4.79 Å². The van der Waals surface area contributed by atoms with Gasteiger partial charge in [0.25, 0.3) is 11.1 Å². The van der Waals surface area contributed by atoms with Gasteiger partial charge in [0.05, 0.1) is 17.7 Å². The normalized spacial score (nSPS) is 17.5. The number of aromatic hydroxyl groups is 1. The highest BCUT2D eigenvalue weighted by Gasteiger charge is 2.49. The van der Waals surface area contributed by atoms with Gasteiger partial charge in [0.2, 0.25) is 0 Å². The molecule has 0 spiro atoms. The number of carbonyl (C=O) groups is 2. The number of hydrogen-bond donors (Lipinski definition) is 1. The van der Waals surface area contributed by atoms with Crippen molar-refractivity contribution in [2.45, 2.75) is 39.0 Å². The second-order valence-electron chi connectivity index (χ2n) is 7.21. The molecule has 11 heteroatoms. The van der Waals surface area contributed by atoms with Gasteiger partial charge in [-0.25, -0.2) is 0 Å². The largest absolute Gasteiger partial charge is 0.508 e. The predicted molar refractivity (Wildman–Crippen MR) is 95.0 cm³/mol. The molecule has 2 rings (SSSR count). The lowest BCUT2D eigenvalue weighted by Crippen LogP contribution is -2.43. The molecule has 1 saturated heterocycles. The Bertz CT molecular complexity index is 831. The SMILES string of the molecule is Cc1cc(/C=C2\SC(=O)N(CC(C)(CC(F)(F)F)CC(F)(F)F)C2=O)ccc1O. The van der Waals surface area contributed by atoms with E-state index in [0.717, 1.165) is 6.92 Å². The van der Waals surface area contributed by atoms with Crippen LogP contribution in [0.25, 0.3) is 6.08 Å². The molecule has 0 bridgehead atoms. The first-order valence-electron chi connectivity index (χ1n) is 8.27. The molecule has 29 heavy (non-hydrogen) atoms. The number of rotatable bonds is 5. The maximum Gasteiger partial charge on any atom is 0.389 e. The number of halogens is 6. The summed E-state index contributed by atoms with van der Waals surface area (Å²) in [5, 5.41) is 8.58. The average Bonchev–Trinajstić information content (AvgIpc) is 2.74. The minimum absolute atomic E-state index is 0.00493. The monoisotopic (exact) mass is 441 g/mol. The molecule has 1 N–H and O–H groups in total. The molecule has 160 valence electrons. The van der Waals surface area contributed by atoms with Crippen molar-refractivity contribution in [3.05, 3.63) is 34.2 Å². The summed E-state index contributed by atoms with van der Waals surface area (Å²) in [5.41, 5.74) is -1.48. The van der Waals surface area contributed by atoms with Crippen LogP contribution in [0, 0.1) is 12.3 Å². The molecule has 0 atom stereocenters. The second kappa shape index (κ2) is 7.92. The highest BCUT2D eigenvalue weighted by atomic mass is 32.2. The fraction of sp³-hybridized carbons (Fsp3) is 0.444. The first-order valence-corrected chi connectivity index (χ1v) is 9.09. The summed E-state index contributed by atoms with van der Waals surface area (Å²) >= 11 is 0.437. The summed E-state index contributed by atoms with van der Waals surface area (Å²) in [6, 6.07) is 4.32. The first kappa shape index (κ1) is 23.1. The van der Waals surface area contributed by atoms with Crippen LogP contribution in [-0.4, -0.2) is 40.1 Å². The van der Waals surface area contributed by atoms with Crippen molar-refractivity contribution in [2.24, 2.45) is 5.41 Å². The minimum Gasteiger partial charge on any atom is -0.508 e. The van der Waals surface area contributed by atoms with Crippen LogP contribution in [0.2, 0.25) is 0 Å². The molecule has 1 heterocycles. The molecule has 0 radical (unpaired) electrons. The van der Waals surface area contributed by atoms with Gasteiger partial charge in [-0.15, -0.1) is 0 Å². The van der Waals surface area contributed by atoms with Gasteiger partial charge in [0.15, 0.2) is 0 Å². The van der Waals surface area contributed by atoms with E-state index in [9.17, 15) is 41.0 Å². The Hall–Kier alpha value is -2.17. The Morgan fingerprint density at radius 3 is 2.10 bits per heavy atom. The number of imide groups is 1. The van der Waals surface area contributed by atoms with Crippen LogP contribution < -0.4 is 0 Å². The van der Waals surface area contributed by atoms with Crippen molar-refractivity contribution in [1.82, 2.24) is 4.90 Å². The molecule has 1 fully saturated rings. The number of amides is 2. The van der Waals surface area contributed by atoms with Crippen molar-refractivity contribution in [3.8, 4) is 5.75 Å². The Balaban J connectivity index is 2.28. The minimum atomic E-state index is -4.90. The molecule has 2 amide bonds. The van der Waals surface area contributed by atoms with E-state index in [0.29, 0.717) is 27.8 Å². The van der Waals surface area contributed by atoms with E-state index in [1.54, 1.807) is 6.92 Å². The third-order valence-electron chi connectivity index (χ3n) is 4.19. The van der Waals surface area contributed by atoms with Gasteiger partial charge in [0, 0.05) is 12.0 Å². The molecule has 1 aliphatic rings. The molecule has 1 aromatic carbocycles. The third kappa shape index (κ3) is 6.41. The van der Waals surface area contributed by atoms with E-state index < -0.39 is 48.3 Å². The maximum absolute atomic E-state index is 12.8. The van der Waals surface area contributed by atoms with Gasteiger partial charge >= 0.3 is 12.4 Å². The molecule has 1 aliphatic heterocycles. The summed E-state index contributed by atoms with van der Waals surface area (Å²) in [7, 11) is 0. The summed E-state index contributed by atoms with van der Waals surface area (Å²) in [6.07, 6.45) is -12.1. The number of alkyl halides is 6. The van der Waals surface area contributed by atoms with Crippen molar-refractivity contribution in [2.75, 3.05) is 6.54 Å². The number of thioether (sulfide) groups is 1. The maximum atomic E-state index is 12.8. The predicted octanol–water partition coefficient (Wildman–Crippen LogP) is 5.65. The Labute approximate surface area is 166 Å². The average molecular weight is 441 g/mol. The van der Waals surface area contributed by atoms with E-state index in [2.05, 4.69) is 0 Å². The molecule has 0 aliphatic carbocycles. The van der Waals surface area contributed by atoms with Gasteiger partial charge in [0.1, 0.15) is 5.75 Å². The number of hydrogen-bond acceptors (Lipinski definition) is 4. The van der Waals surface area contributed by atoms with Gasteiger partial charge in [-0.2, -0.15) is 26.3 Å². The molecule has 4 nitrogen and oxygen atoms in total.